The highest BCUT2D eigenvalue weighted by Gasteiger charge is 2.10. The first kappa shape index (κ1) is 17.8. The molecule has 0 aromatic heterocycles. The number of hydrogen-bond acceptors (Lipinski definition) is 3. The van der Waals surface area contributed by atoms with Gasteiger partial charge in [0, 0.05) is 17.5 Å². The minimum Gasteiger partial charge on any atom is -0.397 e. The highest BCUT2D eigenvalue weighted by atomic mass is 35.5. The van der Waals surface area contributed by atoms with Crippen LogP contribution in [0.15, 0.2) is 18.2 Å². The fourth-order valence-electron chi connectivity index (χ4n) is 2.21. The van der Waals surface area contributed by atoms with Crippen molar-refractivity contribution in [3.8, 4) is 0 Å². The number of rotatable bonds is 8. The quantitative estimate of drug-likeness (QED) is 0.719. The fraction of sp³-hybridized carbons (Fsp3) is 0.562. The van der Waals surface area contributed by atoms with Gasteiger partial charge >= 0.3 is 0 Å². The molecule has 0 spiro atoms. The second-order valence-electron chi connectivity index (χ2n) is 5.51. The van der Waals surface area contributed by atoms with Gasteiger partial charge in [0.05, 0.1) is 11.4 Å². The van der Waals surface area contributed by atoms with Crippen molar-refractivity contribution in [2.75, 3.05) is 24.1 Å². The lowest BCUT2D eigenvalue weighted by Gasteiger charge is -2.25. The van der Waals surface area contributed by atoms with Gasteiger partial charge < -0.3 is 16.0 Å². The van der Waals surface area contributed by atoms with Crippen LogP contribution in [0.4, 0.5) is 11.4 Å². The molecule has 0 radical (unpaired) electrons. The first-order valence-electron chi connectivity index (χ1n) is 7.53. The zero-order valence-corrected chi connectivity index (χ0v) is 13.9. The number of carbonyl (C=O) groups excluding carboxylic acids is 1. The molecule has 0 aliphatic heterocycles. The van der Waals surface area contributed by atoms with E-state index in [0.29, 0.717) is 28.9 Å². The Labute approximate surface area is 132 Å². The minimum absolute atomic E-state index is 0.0239. The van der Waals surface area contributed by atoms with Crippen molar-refractivity contribution in [1.82, 2.24) is 4.90 Å². The molecule has 21 heavy (non-hydrogen) atoms. The van der Waals surface area contributed by atoms with E-state index in [9.17, 15) is 4.79 Å². The van der Waals surface area contributed by atoms with Crippen LogP contribution in [0.3, 0.4) is 0 Å². The number of benzene rings is 1. The van der Waals surface area contributed by atoms with E-state index < -0.39 is 0 Å². The van der Waals surface area contributed by atoms with E-state index in [0.717, 1.165) is 25.9 Å². The summed E-state index contributed by atoms with van der Waals surface area (Å²) in [4.78, 5) is 14.3. The maximum Gasteiger partial charge on any atom is 0.224 e. The molecule has 3 N–H and O–H groups in total. The molecule has 0 aliphatic carbocycles. The predicted octanol–water partition coefficient (Wildman–Crippen LogP) is 3.76. The summed E-state index contributed by atoms with van der Waals surface area (Å²) in [6.45, 7) is 8.54. The van der Waals surface area contributed by atoms with Crippen molar-refractivity contribution < 1.29 is 4.79 Å². The summed E-state index contributed by atoms with van der Waals surface area (Å²) < 4.78 is 0. The number of nitrogens with zero attached hydrogens (tertiary/aromatic N) is 1. The number of hydrogen-bond donors (Lipinski definition) is 2. The largest absolute Gasteiger partial charge is 0.397 e. The molecule has 0 bridgehead atoms. The molecule has 0 saturated carbocycles. The first-order chi connectivity index (χ1) is 9.93. The smallest absolute Gasteiger partial charge is 0.224 e. The van der Waals surface area contributed by atoms with Crippen LogP contribution in [0, 0.1) is 0 Å². The molecule has 5 heteroatoms. The zero-order valence-electron chi connectivity index (χ0n) is 13.2. The van der Waals surface area contributed by atoms with Crippen LogP contribution >= 0.6 is 11.6 Å². The molecule has 0 unspecified atom stereocenters. The van der Waals surface area contributed by atoms with Crippen LogP contribution in [0.5, 0.6) is 0 Å². The number of nitrogen functional groups attached to an aromatic ring is 1. The monoisotopic (exact) mass is 311 g/mol. The van der Waals surface area contributed by atoms with Gasteiger partial charge in [-0.1, -0.05) is 18.5 Å². The minimum atomic E-state index is -0.0239. The third kappa shape index (κ3) is 6.36. The number of amides is 1. The molecule has 1 amide bonds. The molecule has 0 heterocycles. The van der Waals surface area contributed by atoms with Gasteiger partial charge in [-0.3, -0.25) is 4.79 Å². The summed E-state index contributed by atoms with van der Waals surface area (Å²) in [6.07, 6.45) is 2.45. The Bertz CT molecular complexity index is 463. The van der Waals surface area contributed by atoms with Crippen molar-refractivity contribution in [1.29, 1.82) is 0 Å². The highest BCUT2D eigenvalue weighted by molar-refractivity contribution is 6.31. The van der Waals surface area contributed by atoms with Gasteiger partial charge in [0.15, 0.2) is 0 Å². The first-order valence-corrected chi connectivity index (χ1v) is 7.90. The zero-order chi connectivity index (χ0) is 15.8. The summed E-state index contributed by atoms with van der Waals surface area (Å²) in [6, 6.07) is 5.58. The van der Waals surface area contributed by atoms with Crippen LogP contribution in [0.25, 0.3) is 0 Å². The SMILES string of the molecule is CCCN(CCCC(=O)Nc1cc(Cl)ccc1N)C(C)C. The van der Waals surface area contributed by atoms with E-state index in [4.69, 9.17) is 17.3 Å². The van der Waals surface area contributed by atoms with E-state index in [1.165, 1.54) is 0 Å². The third-order valence-electron chi connectivity index (χ3n) is 3.38. The molecular weight excluding hydrogens is 286 g/mol. The van der Waals surface area contributed by atoms with Crippen molar-refractivity contribution in [3.63, 3.8) is 0 Å². The number of carbonyl (C=O) groups is 1. The molecule has 4 nitrogen and oxygen atoms in total. The molecule has 1 aromatic rings. The molecule has 0 fully saturated rings. The average Bonchev–Trinajstić information content (AvgIpc) is 2.41. The molecule has 118 valence electrons. The van der Waals surface area contributed by atoms with Gasteiger partial charge in [0.2, 0.25) is 5.91 Å². The van der Waals surface area contributed by atoms with Gasteiger partial charge in [0.25, 0.3) is 0 Å². The average molecular weight is 312 g/mol. The maximum atomic E-state index is 12.0. The normalized spacial score (nSPS) is 11.1. The summed E-state index contributed by atoms with van der Waals surface area (Å²) in [7, 11) is 0. The molecule has 0 saturated heterocycles. The van der Waals surface area contributed by atoms with Gasteiger partial charge in [-0.25, -0.2) is 0 Å². The third-order valence-corrected chi connectivity index (χ3v) is 3.61. The highest BCUT2D eigenvalue weighted by Crippen LogP contribution is 2.23. The van der Waals surface area contributed by atoms with E-state index in [-0.39, 0.29) is 5.91 Å². The maximum absolute atomic E-state index is 12.0. The molecule has 0 aliphatic rings. The number of nitrogens with one attached hydrogen (secondary N) is 1. The molecular formula is C16H26ClN3O. The van der Waals surface area contributed by atoms with E-state index >= 15 is 0 Å². The number of anilines is 2. The van der Waals surface area contributed by atoms with E-state index in [2.05, 4.69) is 31.0 Å². The van der Waals surface area contributed by atoms with Crippen molar-refractivity contribution in [2.24, 2.45) is 0 Å². The Morgan fingerprint density at radius 1 is 1.38 bits per heavy atom. The van der Waals surface area contributed by atoms with Gasteiger partial charge in [-0.05, 0) is 58.0 Å². The van der Waals surface area contributed by atoms with Crippen LogP contribution in [-0.2, 0) is 4.79 Å². The standard InChI is InChI=1S/C16H26ClN3O/c1-4-9-20(12(2)3)10-5-6-16(21)19-15-11-13(17)7-8-14(15)18/h7-8,11-12H,4-6,9-10,18H2,1-3H3,(H,19,21). The Hall–Kier alpha value is -1.26. The predicted molar refractivity (Wildman–Crippen MR) is 90.7 cm³/mol. The van der Waals surface area contributed by atoms with Crippen molar-refractivity contribution in [3.05, 3.63) is 23.2 Å². The lowest BCUT2D eigenvalue weighted by Crippen LogP contribution is -2.33. The Kier molecular flexibility index (Phi) is 7.54. The number of halogens is 1. The molecule has 1 aromatic carbocycles. The second-order valence-corrected chi connectivity index (χ2v) is 5.95. The molecule has 0 atom stereocenters. The van der Waals surface area contributed by atoms with Crippen molar-refractivity contribution in [2.45, 2.75) is 46.1 Å². The number of nitrogens with two attached hydrogens (primary N) is 1. The summed E-state index contributed by atoms with van der Waals surface area (Å²) in [5.41, 5.74) is 6.93. The van der Waals surface area contributed by atoms with E-state index in [1.807, 2.05) is 0 Å². The van der Waals surface area contributed by atoms with Crippen LogP contribution < -0.4 is 11.1 Å². The van der Waals surface area contributed by atoms with Gasteiger partial charge in [-0.15, -0.1) is 0 Å². The Morgan fingerprint density at radius 2 is 2.10 bits per heavy atom. The summed E-state index contributed by atoms with van der Waals surface area (Å²) in [5, 5.41) is 3.38. The van der Waals surface area contributed by atoms with Gasteiger partial charge in [-0.2, -0.15) is 0 Å². The second kappa shape index (κ2) is 8.90. The Morgan fingerprint density at radius 3 is 2.71 bits per heavy atom. The van der Waals surface area contributed by atoms with Crippen LogP contribution in [0.2, 0.25) is 5.02 Å². The Balaban J connectivity index is 2.42. The summed E-state index contributed by atoms with van der Waals surface area (Å²) in [5.74, 6) is -0.0239. The summed E-state index contributed by atoms with van der Waals surface area (Å²) >= 11 is 5.90. The van der Waals surface area contributed by atoms with Crippen molar-refractivity contribution >= 4 is 28.9 Å². The lowest BCUT2D eigenvalue weighted by molar-refractivity contribution is -0.116. The molecule has 1 rings (SSSR count). The van der Waals surface area contributed by atoms with Crippen LogP contribution in [-0.4, -0.2) is 29.9 Å². The van der Waals surface area contributed by atoms with Gasteiger partial charge in [0.1, 0.15) is 0 Å². The van der Waals surface area contributed by atoms with Crippen LogP contribution in [0.1, 0.15) is 40.0 Å². The fourth-order valence-corrected chi connectivity index (χ4v) is 2.38. The lowest BCUT2D eigenvalue weighted by atomic mass is 10.2. The van der Waals surface area contributed by atoms with E-state index in [1.54, 1.807) is 18.2 Å². The topological polar surface area (TPSA) is 58.4 Å².